The van der Waals surface area contributed by atoms with Crippen molar-refractivity contribution in [2.24, 2.45) is 0 Å². The summed E-state index contributed by atoms with van der Waals surface area (Å²) in [7, 11) is 0. The summed E-state index contributed by atoms with van der Waals surface area (Å²) in [6.07, 6.45) is 0. The Balaban J connectivity index is 2.48. The molecule has 4 nitrogen and oxygen atoms in total. The molecule has 0 radical (unpaired) electrons. The second-order valence-electron chi connectivity index (χ2n) is 2.93. The highest BCUT2D eigenvalue weighted by Crippen LogP contribution is 1.97. The zero-order chi connectivity index (χ0) is 11.3. The Morgan fingerprint density at radius 3 is 2.33 bits per heavy atom. The summed E-state index contributed by atoms with van der Waals surface area (Å²) in [5.41, 5.74) is 4.94. The van der Waals surface area contributed by atoms with Gasteiger partial charge in [-0.15, -0.1) is 11.6 Å². The molecule has 15 heavy (non-hydrogen) atoms. The molecule has 0 unspecified atom stereocenters. The van der Waals surface area contributed by atoms with Gasteiger partial charge in [-0.1, -0.05) is 18.2 Å². The highest BCUT2D eigenvalue weighted by atomic mass is 35.5. The Morgan fingerprint density at radius 2 is 1.80 bits per heavy atom. The summed E-state index contributed by atoms with van der Waals surface area (Å²) in [5.74, 6) is -0.817. The molecule has 1 atom stereocenters. The number of carbonyl (C=O) groups excluding carboxylic acids is 2. The molecule has 0 aliphatic carbocycles. The van der Waals surface area contributed by atoms with E-state index in [4.69, 9.17) is 11.6 Å². The average Bonchev–Trinajstić information content (AvgIpc) is 2.26. The lowest BCUT2D eigenvalue weighted by Gasteiger charge is -2.07. The van der Waals surface area contributed by atoms with Gasteiger partial charge in [-0.25, -0.2) is 0 Å². The van der Waals surface area contributed by atoms with Crippen LogP contribution < -0.4 is 10.9 Å². The molecule has 1 aromatic carbocycles. The van der Waals surface area contributed by atoms with E-state index in [1.54, 1.807) is 30.3 Å². The monoisotopic (exact) mass is 226 g/mol. The molecule has 0 heterocycles. The van der Waals surface area contributed by atoms with Crippen molar-refractivity contribution in [3.8, 4) is 0 Å². The van der Waals surface area contributed by atoms with Crippen molar-refractivity contribution in [2.45, 2.75) is 12.3 Å². The first-order chi connectivity index (χ1) is 7.11. The third kappa shape index (κ3) is 3.59. The second-order valence-corrected chi connectivity index (χ2v) is 3.58. The number of rotatable bonds is 2. The first-order valence-electron chi connectivity index (χ1n) is 4.40. The van der Waals surface area contributed by atoms with Crippen molar-refractivity contribution in [1.29, 1.82) is 0 Å². The van der Waals surface area contributed by atoms with Gasteiger partial charge in [-0.3, -0.25) is 20.4 Å². The van der Waals surface area contributed by atoms with Gasteiger partial charge in [0.2, 0.25) is 0 Å². The van der Waals surface area contributed by atoms with E-state index in [-0.39, 0.29) is 5.91 Å². The Hall–Kier alpha value is -1.55. The molecule has 0 aromatic heterocycles. The van der Waals surface area contributed by atoms with Crippen LogP contribution in [0.15, 0.2) is 30.3 Å². The fourth-order valence-corrected chi connectivity index (χ4v) is 0.934. The normalized spacial score (nSPS) is 11.6. The molecule has 1 rings (SSSR count). The number of alkyl halides is 1. The summed E-state index contributed by atoms with van der Waals surface area (Å²) in [5, 5.41) is -0.680. The maximum atomic E-state index is 11.4. The van der Waals surface area contributed by atoms with Crippen LogP contribution in [0.4, 0.5) is 0 Å². The molecule has 2 amide bonds. The molecule has 0 aliphatic heterocycles. The molecule has 0 saturated heterocycles. The van der Waals surface area contributed by atoms with Crippen molar-refractivity contribution in [2.75, 3.05) is 0 Å². The van der Waals surface area contributed by atoms with E-state index in [2.05, 4.69) is 10.9 Å². The topological polar surface area (TPSA) is 58.2 Å². The van der Waals surface area contributed by atoms with Crippen LogP contribution in [-0.4, -0.2) is 17.2 Å². The van der Waals surface area contributed by atoms with Crippen LogP contribution in [-0.2, 0) is 4.79 Å². The van der Waals surface area contributed by atoms with Crippen molar-refractivity contribution in [3.63, 3.8) is 0 Å². The molecular weight excluding hydrogens is 216 g/mol. The zero-order valence-corrected chi connectivity index (χ0v) is 8.91. The second kappa shape index (κ2) is 5.36. The summed E-state index contributed by atoms with van der Waals surface area (Å²) in [4.78, 5) is 22.4. The fraction of sp³-hybridized carbons (Fsp3) is 0.200. The van der Waals surface area contributed by atoms with Crippen molar-refractivity contribution in [3.05, 3.63) is 35.9 Å². The first-order valence-corrected chi connectivity index (χ1v) is 4.84. The molecule has 2 N–H and O–H groups in total. The van der Waals surface area contributed by atoms with Gasteiger partial charge in [0.05, 0.1) is 0 Å². The summed E-state index contributed by atoms with van der Waals surface area (Å²) >= 11 is 5.49. The average molecular weight is 227 g/mol. The molecular formula is C10H11ClN2O2. The summed E-state index contributed by atoms with van der Waals surface area (Å²) < 4.78 is 0. The Bertz CT molecular complexity index is 352. The van der Waals surface area contributed by atoms with Gasteiger partial charge >= 0.3 is 0 Å². The van der Waals surface area contributed by atoms with Crippen LogP contribution in [0.5, 0.6) is 0 Å². The van der Waals surface area contributed by atoms with E-state index in [1.165, 1.54) is 6.92 Å². The molecule has 0 aliphatic rings. The van der Waals surface area contributed by atoms with Gasteiger partial charge < -0.3 is 0 Å². The van der Waals surface area contributed by atoms with Crippen LogP contribution in [0.3, 0.4) is 0 Å². The van der Waals surface area contributed by atoms with E-state index in [9.17, 15) is 9.59 Å². The highest BCUT2D eigenvalue weighted by molar-refractivity contribution is 6.30. The number of halogens is 1. The van der Waals surface area contributed by atoms with Crippen molar-refractivity contribution in [1.82, 2.24) is 10.9 Å². The van der Waals surface area contributed by atoms with Crippen molar-refractivity contribution >= 4 is 23.4 Å². The Morgan fingerprint density at radius 1 is 1.20 bits per heavy atom. The van der Waals surface area contributed by atoms with E-state index >= 15 is 0 Å². The van der Waals surface area contributed by atoms with Crippen LogP contribution in [0.1, 0.15) is 17.3 Å². The van der Waals surface area contributed by atoms with Crippen LogP contribution >= 0.6 is 11.6 Å². The predicted molar refractivity (Wildman–Crippen MR) is 57.4 cm³/mol. The fourth-order valence-electron chi connectivity index (χ4n) is 0.880. The minimum Gasteiger partial charge on any atom is -0.272 e. The summed E-state index contributed by atoms with van der Waals surface area (Å²) in [6.45, 7) is 1.52. The van der Waals surface area contributed by atoms with Crippen LogP contribution in [0.25, 0.3) is 0 Å². The lowest BCUT2D eigenvalue weighted by atomic mass is 10.2. The van der Waals surface area contributed by atoms with Gasteiger partial charge in [0, 0.05) is 5.56 Å². The molecule has 5 heteroatoms. The quantitative estimate of drug-likeness (QED) is 0.586. The third-order valence-electron chi connectivity index (χ3n) is 1.70. The molecule has 0 spiro atoms. The van der Waals surface area contributed by atoms with Gasteiger partial charge in [-0.2, -0.15) is 0 Å². The zero-order valence-electron chi connectivity index (χ0n) is 8.16. The minimum absolute atomic E-state index is 0.374. The number of amides is 2. The molecule has 0 fully saturated rings. The molecule has 80 valence electrons. The van der Waals surface area contributed by atoms with E-state index < -0.39 is 11.3 Å². The minimum atomic E-state index is -0.680. The molecule has 0 saturated carbocycles. The first kappa shape index (κ1) is 11.5. The standard InChI is InChI=1S/C10H11ClN2O2/c1-7(11)9(14)12-13-10(15)8-5-3-2-4-6-8/h2-7H,1H3,(H,12,14)(H,13,15)/t7-/m1/s1. The SMILES string of the molecule is C[C@@H](Cl)C(=O)NNC(=O)c1ccccc1. The summed E-state index contributed by atoms with van der Waals surface area (Å²) in [6, 6.07) is 8.56. The number of nitrogens with one attached hydrogen (secondary N) is 2. The highest BCUT2D eigenvalue weighted by Gasteiger charge is 2.10. The number of hydrogen-bond donors (Lipinski definition) is 2. The number of hydrogen-bond acceptors (Lipinski definition) is 2. The van der Waals surface area contributed by atoms with E-state index in [0.29, 0.717) is 5.56 Å². The number of carbonyl (C=O) groups is 2. The lowest BCUT2D eigenvalue weighted by molar-refractivity contribution is -0.121. The van der Waals surface area contributed by atoms with Crippen LogP contribution in [0.2, 0.25) is 0 Å². The number of hydrazine groups is 1. The smallest absolute Gasteiger partial charge is 0.269 e. The lowest BCUT2D eigenvalue weighted by Crippen LogP contribution is -2.44. The van der Waals surface area contributed by atoms with E-state index in [0.717, 1.165) is 0 Å². The molecule has 1 aromatic rings. The largest absolute Gasteiger partial charge is 0.272 e. The van der Waals surface area contributed by atoms with Gasteiger partial charge in [0.25, 0.3) is 11.8 Å². The van der Waals surface area contributed by atoms with Crippen molar-refractivity contribution < 1.29 is 9.59 Å². The Kier molecular flexibility index (Phi) is 4.12. The predicted octanol–water partition coefficient (Wildman–Crippen LogP) is 1.07. The van der Waals surface area contributed by atoms with E-state index in [1.807, 2.05) is 0 Å². The van der Waals surface area contributed by atoms with Gasteiger partial charge in [0.1, 0.15) is 5.38 Å². The van der Waals surface area contributed by atoms with Gasteiger partial charge in [-0.05, 0) is 19.1 Å². The maximum Gasteiger partial charge on any atom is 0.269 e. The van der Waals surface area contributed by atoms with Crippen LogP contribution in [0, 0.1) is 0 Å². The Labute approximate surface area is 92.6 Å². The number of benzene rings is 1. The third-order valence-corrected chi connectivity index (χ3v) is 1.89. The maximum absolute atomic E-state index is 11.4. The molecule has 0 bridgehead atoms. The van der Waals surface area contributed by atoms with Gasteiger partial charge in [0.15, 0.2) is 0 Å².